The summed E-state index contributed by atoms with van der Waals surface area (Å²) in [6.45, 7) is 0. The minimum atomic E-state index is 0.289. The van der Waals surface area contributed by atoms with Gasteiger partial charge in [-0.1, -0.05) is 0 Å². The van der Waals surface area contributed by atoms with Crippen LogP contribution in [0.15, 0.2) is 0 Å². The van der Waals surface area contributed by atoms with Crippen LogP contribution in [0.3, 0.4) is 0 Å². The minimum absolute atomic E-state index is 0.289. The van der Waals surface area contributed by atoms with Crippen LogP contribution >= 0.6 is 0 Å². The van der Waals surface area contributed by atoms with Crippen molar-refractivity contribution in [1.29, 1.82) is 0 Å². The zero-order chi connectivity index (χ0) is 13.0. The Morgan fingerprint density at radius 3 is 2.32 bits per heavy atom. The lowest BCUT2D eigenvalue weighted by Gasteiger charge is -2.53. The van der Waals surface area contributed by atoms with E-state index in [-0.39, 0.29) is 5.92 Å². The monoisotopic (exact) mass is 260 g/mol. The highest BCUT2D eigenvalue weighted by atomic mass is 16.1. The third-order valence-corrected chi connectivity index (χ3v) is 5.48. The zero-order valence-corrected chi connectivity index (χ0v) is 11.3. The normalized spacial score (nSPS) is 39.7. The van der Waals surface area contributed by atoms with Crippen LogP contribution in [0.2, 0.25) is 0 Å². The Bertz CT molecular complexity index is 481. The van der Waals surface area contributed by atoms with Crippen molar-refractivity contribution in [2.45, 2.75) is 38.5 Å². The van der Waals surface area contributed by atoms with Crippen LogP contribution in [0.25, 0.3) is 0 Å². The van der Waals surface area contributed by atoms with Crippen LogP contribution < -0.4 is 0 Å². The number of Topliss-reactive ketones (excluding diaryl/α,β-unsaturated/α-hetero) is 1. The molecule has 4 aliphatic carbocycles. The molecular weight excluding hydrogens is 240 g/mol. The maximum absolute atomic E-state index is 12.6. The van der Waals surface area contributed by atoms with E-state index in [1.807, 2.05) is 0 Å². The number of hydrogen-bond donors (Lipinski definition) is 0. The number of aryl methyl sites for hydroxylation is 1. The van der Waals surface area contributed by atoms with Gasteiger partial charge in [0.2, 0.25) is 0 Å². The van der Waals surface area contributed by atoms with Crippen molar-refractivity contribution < 1.29 is 4.79 Å². The van der Waals surface area contributed by atoms with Gasteiger partial charge in [0, 0.05) is 5.92 Å². The van der Waals surface area contributed by atoms with Gasteiger partial charge in [0.05, 0.1) is 13.5 Å². The van der Waals surface area contributed by atoms with E-state index in [9.17, 15) is 4.79 Å². The Hall–Kier alpha value is -1.26. The number of ketones is 1. The van der Waals surface area contributed by atoms with Crippen molar-refractivity contribution in [3.8, 4) is 0 Å². The second kappa shape index (κ2) is 4.12. The van der Waals surface area contributed by atoms with E-state index in [4.69, 9.17) is 0 Å². The molecule has 102 valence electrons. The average molecular weight is 260 g/mol. The van der Waals surface area contributed by atoms with Crippen molar-refractivity contribution in [3.63, 3.8) is 0 Å². The van der Waals surface area contributed by atoms with Crippen LogP contribution in [-0.4, -0.2) is 26.0 Å². The number of hydrogen-bond acceptors (Lipinski definition) is 4. The molecule has 0 aromatic carbocycles. The van der Waals surface area contributed by atoms with Crippen LogP contribution in [0, 0.1) is 29.6 Å². The van der Waals surface area contributed by atoms with Crippen LogP contribution in [0.1, 0.15) is 37.9 Å². The predicted octanol–water partition coefficient (Wildman–Crippen LogP) is 1.39. The van der Waals surface area contributed by atoms with Crippen molar-refractivity contribution >= 4 is 5.78 Å². The van der Waals surface area contributed by atoms with E-state index in [1.165, 1.54) is 36.9 Å². The molecule has 0 unspecified atom stereocenters. The Morgan fingerprint density at radius 2 is 1.79 bits per heavy atom. The summed E-state index contributed by atoms with van der Waals surface area (Å²) in [4.78, 5) is 14.0. The first-order chi connectivity index (χ1) is 9.19. The van der Waals surface area contributed by atoms with Gasteiger partial charge in [-0.3, -0.25) is 4.79 Å². The first kappa shape index (κ1) is 11.6. The fraction of sp³-hybridized carbons (Fsp3) is 0.857. The van der Waals surface area contributed by atoms with Crippen LogP contribution in [0.5, 0.6) is 0 Å². The lowest BCUT2D eigenvalue weighted by atomic mass is 9.51. The third kappa shape index (κ3) is 1.90. The molecule has 0 aliphatic heterocycles. The molecule has 5 rings (SSSR count). The maximum Gasteiger partial charge on any atom is 0.182 e. The molecule has 0 spiro atoms. The molecule has 19 heavy (non-hydrogen) atoms. The third-order valence-electron chi connectivity index (χ3n) is 5.48. The van der Waals surface area contributed by atoms with Crippen LogP contribution in [-0.2, 0) is 18.3 Å². The molecule has 1 aromatic rings. The van der Waals surface area contributed by atoms with Gasteiger partial charge >= 0.3 is 0 Å². The molecule has 5 heteroatoms. The largest absolute Gasteiger partial charge is 0.299 e. The van der Waals surface area contributed by atoms with Crippen molar-refractivity contribution in [2.75, 3.05) is 0 Å². The standard InChI is InChI=1S/C14H20N4O/c1-18-16-13(15-17-18)7-12(19)14-10-3-8-2-9(5-10)6-11(14)4-8/h8-11,14H,2-7H2,1H3. The van der Waals surface area contributed by atoms with Crippen molar-refractivity contribution in [2.24, 2.45) is 36.6 Å². The Balaban J connectivity index is 1.51. The average Bonchev–Trinajstić information content (AvgIpc) is 2.73. The number of carbonyl (C=O) groups is 1. The number of carbonyl (C=O) groups excluding carboxylic acids is 1. The van der Waals surface area contributed by atoms with Crippen LogP contribution in [0.4, 0.5) is 0 Å². The van der Waals surface area contributed by atoms with Gasteiger partial charge in [0.25, 0.3) is 0 Å². The maximum atomic E-state index is 12.6. The summed E-state index contributed by atoms with van der Waals surface area (Å²) in [5.74, 6) is 4.38. The van der Waals surface area contributed by atoms with Gasteiger partial charge in [-0.25, -0.2) is 0 Å². The molecule has 0 amide bonds. The number of aromatic nitrogens is 4. The first-order valence-corrected chi connectivity index (χ1v) is 7.44. The van der Waals surface area contributed by atoms with Crippen molar-refractivity contribution in [3.05, 3.63) is 5.82 Å². The molecule has 4 bridgehead atoms. The Kier molecular flexibility index (Phi) is 2.50. The van der Waals surface area contributed by atoms with E-state index in [1.54, 1.807) is 7.05 Å². The minimum Gasteiger partial charge on any atom is -0.299 e. The fourth-order valence-corrected chi connectivity index (χ4v) is 5.12. The summed E-state index contributed by atoms with van der Waals surface area (Å²) in [5.41, 5.74) is 0. The summed E-state index contributed by atoms with van der Waals surface area (Å²) in [6, 6.07) is 0. The highest BCUT2D eigenvalue weighted by molar-refractivity contribution is 5.83. The lowest BCUT2D eigenvalue weighted by Crippen LogP contribution is -2.48. The lowest BCUT2D eigenvalue weighted by molar-refractivity contribution is -0.135. The molecule has 1 heterocycles. The number of nitrogens with zero attached hydrogens (tertiary/aromatic N) is 4. The molecule has 4 saturated carbocycles. The predicted molar refractivity (Wildman–Crippen MR) is 68.0 cm³/mol. The molecule has 4 fully saturated rings. The van der Waals surface area contributed by atoms with E-state index >= 15 is 0 Å². The van der Waals surface area contributed by atoms with E-state index in [2.05, 4.69) is 15.4 Å². The molecule has 1 aromatic heterocycles. The summed E-state index contributed by atoms with van der Waals surface area (Å²) in [6.07, 6.45) is 6.96. The van der Waals surface area contributed by atoms with Gasteiger partial charge in [-0.05, 0) is 61.0 Å². The number of rotatable bonds is 3. The Morgan fingerprint density at radius 1 is 1.16 bits per heavy atom. The summed E-state index contributed by atoms with van der Waals surface area (Å²) in [7, 11) is 1.74. The van der Waals surface area contributed by atoms with E-state index in [0.29, 0.717) is 29.9 Å². The van der Waals surface area contributed by atoms with Gasteiger partial charge in [0.15, 0.2) is 5.82 Å². The highest BCUT2D eigenvalue weighted by Gasteiger charge is 2.50. The fourth-order valence-electron chi connectivity index (χ4n) is 5.12. The van der Waals surface area contributed by atoms with Gasteiger partial charge in [0.1, 0.15) is 5.78 Å². The molecule has 0 atom stereocenters. The topological polar surface area (TPSA) is 60.7 Å². The van der Waals surface area contributed by atoms with Gasteiger partial charge in [-0.15, -0.1) is 10.2 Å². The van der Waals surface area contributed by atoms with Gasteiger partial charge < -0.3 is 0 Å². The van der Waals surface area contributed by atoms with Crippen molar-refractivity contribution in [1.82, 2.24) is 20.2 Å². The zero-order valence-electron chi connectivity index (χ0n) is 11.3. The van der Waals surface area contributed by atoms with E-state index < -0.39 is 0 Å². The van der Waals surface area contributed by atoms with Gasteiger partial charge in [-0.2, -0.15) is 4.80 Å². The number of tetrazole rings is 1. The molecular formula is C14H20N4O. The molecule has 5 nitrogen and oxygen atoms in total. The first-order valence-electron chi connectivity index (χ1n) is 7.44. The SMILES string of the molecule is Cn1nnc(CC(=O)C2C3CC4CC(C3)CC2C4)n1. The summed E-state index contributed by atoms with van der Waals surface area (Å²) in [5, 5.41) is 11.9. The smallest absolute Gasteiger partial charge is 0.182 e. The molecule has 0 saturated heterocycles. The molecule has 0 radical (unpaired) electrons. The highest BCUT2D eigenvalue weighted by Crippen LogP contribution is 2.56. The summed E-state index contributed by atoms with van der Waals surface area (Å²) < 4.78 is 0. The molecule has 0 N–H and O–H groups in total. The van der Waals surface area contributed by atoms with E-state index in [0.717, 1.165) is 11.8 Å². The quantitative estimate of drug-likeness (QED) is 0.824. The molecule has 4 aliphatic rings. The Labute approximate surface area is 112 Å². The second-order valence-electron chi connectivity index (χ2n) is 6.79. The second-order valence-corrected chi connectivity index (χ2v) is 6.79. The summed E-state index contributed by atoms with van der Waals surface area (Å²) >= 11 is 0.